The zero-order valence-corrected chi connectivity index (χ0v) is 8.93. The van der Waals surface area contributed by atoms with Crippen LogP contribution >= 0.6 is 0 Å². The van der Waals surface area contributed by atoms with E-state index in [1.807, 2.05) is 0 Å². The van der Waals surface area contributed by atoms with Crippen LogP contribution in [0.3, 0.4) is 0 Å². The molecule has 0 fully saturated rings. The van der Waals surface area contributed by atoms with Crippen molar-refractivity contribution in [3.63, 3.8) is 0 Å². The molecular formula is HKN2O5Pd. The fraction of sp³-hybridized carbons (Fsp3) is 0. The van der Waals surface area contributed by atoms with Crippen molar-refractivity contribution in [3.05, 3.63) is 20.2 Å². The van der Waals surface area contributed by atoms with Crippen LogP contribution in [0.5, 0.6) is 0 Å². The second kappa shape index (κ2) is 8.90. The van der Waals surface area contributed by atoms with Crippen LogP contribution in [0.25, 0.3) is 0 Å². The van der Waals surface area contributed by atoms with Crippen molar-refractivity contribution in [1.29, 1.82) is 0 Å². The van der Waals surface area contributed by atoms with Gasteiger partial charge in [0, 0.05) is 25.4 Å². The van der Waals surface area contributed by atoms with Crippen LogP contribution in [0.1, 0.15) is 1.43 Å². The van der Waals surface area contributed by atoms with Gasteiger partial charge in [-0.05, 0) is 0 Å². The van der Waals surface area contributed by atoms with Gasteiger partial charge in [0.25, 0.3) is 0 Å². The molecule has 0 saturated carbocycles. The average molecular weight is 255 g/mol. The van der Waals surface area contributed by atoms with Crippen molar-refractivity contribution in [2.24, 2.45) is 0 Å². The third kappa shape index (κ3) is 17.6. The maximum Gasteiger partial charge on any atom is 1.00 e. The molecule has 0 heterocycles. The molecule has 0 aromatic heterocycles. The summed E-state index contributed by atoms with van der Waals surface area (Å²) in [7, 11) is 0. The first-order valence-corrected chi connectivity index (χ1v) is 1.10. The minimum Gasteiger partial charge on any atom is -1.00 e. The summed E-state index contributed by atoms with van der Waals surface area (Å²) in [4.78, 5) is 20.6. The van der Waals surface area contributed by atoms with Crippen LogP contribution in [0.2, 0.25) is 0 Å². The van der Waals surface area contributed by atoms with E-state index in [4.69, 9.17) is 20.2 Å². The van der Waals surface area contributed by atoms with Crippen LogP contribution < -0.4 is 51.4 Å². The van der Waals surface area contributed by atoms with Gasteiger partial charge in [0.15, 0.2) is 0 Å². The van der Waals surface area contributed by atoms with Crippen LogP contribution in [-0.4, -0.2) is 10.2 Å². The van der Waals surface area contributed by atoms with Crippen LogP contribution in [0.4, 0.5) is 0 Å². The molecule has 9 heteroatoms. The van der Waals surface area contributed by atoms with E-state index < -0.39 is 10.2 Å². The van der Waals surface area contributed by atoms with Gasteiger partial charge in [-0.25, -0.2) is 0 Å². The third-order valence-electron chi connectivity index (χ3n) is 0.133. The van der Waals surface area contributed by atoms with Crippen molar-refractivity contribution in [2.45, 2.75) is 0 Å². The third-order valence-corrected chi connectivity index (χ3v) is 0.133. The Bertz CT molecular complexity index is 95.8. The quantitative estimate of drug-likeness (QED) is 0.289. The molecule has 0 aliphatic rings. The predicted octanol–water partition coefficient (Wildman–Crippen LogP) is -3.50. The molecule has 0 saturated heterocycles. The van der Waals surface area contributed by atoms with Crippen LogP contribution in [-0.2, 0) is 25.4 Å². The molecule has 0 aliphatic carbocycles. The topological polar surface area (TPSA) is 95.5 Å². The Morgan fingerprint density at radius 3 is 1.44 bits per heavy atom. The molecule has 0 aromatic carbocycles. The van der Waals surface area contributed by atoms with Gasteiger partial charge in [-0.3, -0.25) is 0 Å². The summed E-state index contributed by atoms with van der Waals surface area (Å²) in [5.74, 6) is 0. The van der Waals surface area contributed by atoms with Crippen molar-refractivity contribution in [3.8, 4) is 0 Å². The molecule has 0 unspecified atom stereocenters. The van der Waals surface area contributed by atoms with Crippen molar-refractivity contribution in [2.75, 3.05) is 0 Å². The molecule has 7 nitrogen and oxygen atoms in total. The Morgan fingerprint density at radius 1 is 1.22 bits per heavy atom. The Labute approximate surface area is 107 Å². The number of nitrogens with zero attached hydrogens (tertiary/aromatic N) is 2. The molecular weight excluding hydrogens is 254 g/mol. The standard InChI is InChI=1S/K.N2O5.Pd.H/c;3-1(4)7-2(5)6;;/q+1;;;-1. The summed E-state index contributed by atoms with van der Waals surface area (Å²) in [6.45, 7) is 0. The van der Waals surface area contributed by atoms with E-state index in [0.717, 1.165) is 0 Å². The molecule has 0 atom stereocenters. The molecule has 0 aliphatic heterocycles. The summed E-state index contributed by atoms with van der Waals surface area (Å²) in [5, 5.41) is 14.9. The normalized spacial score (nSPS) is 5.78. The van der Waals surface area contributed by atoms with Crippen LogP contribution in [0, 0.1) is 20.2 Å². The van der Waals surface area contributed by atoms with E-state index in [2.05, 4.69) is 4.94 Å². The Hall–Kier alpha value is 0.899. The molecule has 0 spiro atoms. The van der Waals surface area contributed by atoms with Gasteiger partial charge in [0.1, 0.15) is 0 Å². The molecule has 52 valence electrons. The first kappa shape index (κ1) is 16.5. The van der Waals surface area contributed by atoms with Gasteiger partial charge in [-0.2, -0.15) is 0 Å². The molecule has 0 aromatic rings. The molecule has 9 heavy (non-hydrogen) atoms. The average Bonchev–Trinajstić information content (AvgIpc) is 1.27. The van der Waals surface area contributed by atoms with Gasteiger partial charge in [-0.1, -0.05) is 0 Å². The predicted molar refractivity (Wildman–Crippen MR) is 16.2 cm³/mol. The van der Waals surface area contributed by atoms with Crippen molar-refractivity contribution >= 4 is 0 Å². The summed E-state index contributed by atoms with van der Waals surface area (Å²) in [6.07, 6.45) is 0. The number of hydrogen-bond donors (Lipinski definition) is 0. The fourth-order valence-corrected chi connectivity index (χ4v) is 0.0544. The summed E-state index contributed by atoms with van der Waals surface area (Å²) in [5.41, 5.74) is 0. The first-order valence-electron chi connectivity index (χ1n) is 1.10. The molecule has 0 rings (SSSR count). The van der Waals surface area contributed by atoms with Crippen molar-refractivity contribution < 1.29 is 88.3 Å². The molecule has 0 N–H and O–H groups in total. The summed E-state index contributed by atoms with van der Waals surface area (Å²) in [6, 6.07) is 0. The van der Waals surface area contributed by atoms with Gasteiger partial charge < -0.3 is 1.43 Å². The largest absolute Gasteiger partial charge is 1.00 e. The van der Waals surface area contributed by atoms with E-state index in [1.54, 1.807) is 0 Å². The Morgan fingerprint density at radius 2 is 1.44 bits per heavy atom. The van der Waals surface area contributed by atoms with E-state index in [1.165, 1.54) is 0 Å². The monoisotopic (exact) mass is 254 g/mol. The van der Waals surface area contributed by atoms with E-state index in [-0.39, 0.29) is 73.2 Å². The minimum absolute atomic E-state index is 0. The van der Waals surface area contributed by atoms with E-state index in [9.17, 15) is 0 Å². The number of rotatable bonds is 2. The molecule has 0 amide bonds. The maximum atomic E-state index is 8.95. The van der Waals surface area contributed by atoms with Gasteiger partial charge in [0.05, 0.1) is 0 Å². The smallest absolute Gasteiger partial charge is 1.00 e. The second-order valence-corrected chi connectivity index (χ2v) is 0.529. The van der Waals surface area contributed by atoms with Crippen LogP contribution in [0.15, 0.2) is 0 Å². The second-order valence-electron chi connectivity index (χ2n) is 0.529. The fourth-order valence-electron chi connectivity index (χ4n) is 0.0544. The van der Waals surface area contributed by atoms with Gasteiger partial charge >= 0.3 is 61.6 Å². The van der Waals surface area contributed by atoms with Gasteiger partial charge in [0.2, 0.25) is 0 Å². The minimum atomic E-state index is -1.50. The SMILES string of the molecule is O=[N+]([O-])O[N+](=O)[O-].[H-].[K+].[Pd]. The van der Waals surface area contributed by atoms with Gasteiger partial charge in [-0.15, -0.1) is 20.2 Å². The molecule has 0 radical (unpaired) electrons. The van der Waals surface area contributed by atoms with E-state index in [0.29, 0.717) is 0 Å². The number of hydrogen-bond acceptors (Lipinski definition) is 5. The molecule has 0 bridgehead atoms. The van der Waals surface area contributed by atoms with E-state index >= 15 is 0 Å². The zero-order chi connectivity index (χ0) is 5.86. The maximum absolute atomic E-state index is 8.95. The summed E-state index contributed by atoms with van der Waals surface area (Å²) >= 11 is 0. The Kier molecular flexibility index (Phi) is 16.3. The Balaban J connectivity index is -0.0000000600. The van der Waals surface area contributed by atoms with Crippen molar-refractivity contribution in [1.82, 2.24) is 0 Å². The zero-order valence-electron chi connectivity index (χ0n) is 5.25. The first-order chi connectivity index (χ1) is 3.13. The summed E-state index contributed by atoms with van der Waals surface area (Å²) < 4.78 is 0.